The van der Waals surface area contributed by atoms with E-state index in [-0.39, 0.29) is 31.1 Å². The Balaban J connectivity index is 1.81. The summed E-state index contributed by atoms with van der Waals surface area (Å²) in [6.45, 7) is 13.1. The second kappa shape index (κ2) is 10.6. The molecule has 2 N–H and O–H groups in total. The van der Waals surface area contributed by atoms with Crippen molar-refractivity contribution in [3.63, 3.8) is 0 Å². The number of benzene rings is 1. The zero-order valence-corrected chi connectivity index (χ0v) is 21.7. The van der Waals surface area contributed by atoms with Gasteiger partial charge in [0.1, 0.15) is 5.60 Å². The third-order valence-corrected chi connectivity index (χ3v) is 6.33. The molecule has 1 aliphatic heterocycles. The number of primary amides is 1. The molecule has 192 valence electrons. The second-order valence-corrected chi connectivity index (χ2v) is 10.1. The molecular weight excluding hydrogens is 448 g/mol. The summed E-state index contributed by atoms with van der Waals surface area (Å²) in [5, 5.41) is 1.07. The highest BCUT2D eigenvalue weighted by Crippen LogP contribution is 2.36. The van der Waals surface area contributed by atoms with Gasteiger partial charge in [0.2, 0.25) is 0 Å². The minimum Gasteiger partial charge on any atom is -0.466 e. The molecule has 2 heterocycles. The molecule has 0 aliphatic carbocycles. The van der Waals surface area contributed by atoms with Crippen LogP contribution in [0.4, 0.5) is 15.3 Å². The van der Waals surface area contributed by atoms with Gasteiger partial charge in [-0.05, 0) is 77.6 Å². The van der Waals surface area contributed by atoms with Gasteiger partial charge >= 0.3 is 18.1 Å². The molecule has 9 nitrogen and oxygen atoms in total. The Kier molecular flexibility index (Phi) is 7.97. The number of hydrogen-bond acceptors (Lipinski definition) is 5. The van der Waals surface area contributed by atoms with Gasteiger partial charge in [-0.1, -0.05) is 0 Å². The Bertz CT molecular complexity index is 1090. The lowest BCUT2D eigenvalue weighted by Gasteiger charge is -2.34. The molecule has 9 heteroatoms. The lowest BCUT2D eigenvalue weighted by atomic mass is 10.0. The first-order valence-corrected chi connectivity index (χ1v) is 12.2. The quantitative estimate of drug-likeness (QED) is 0.597. The standard InChI is InChI=1S/C26H38N4O5/c1-7-34-22(31)12-15-29(24(27)32)20-8-9-21-23(18(20)3)17(2)16-30(21)19-10-13-28(14-11-19)25(33)35-26(4,5)6/h8-9,16,19H,7,10-15H2,1-6H3,(H2,27,32). The first-order valence-electron chi connectivity index (χ1n) is 12.2. The molecule has 1 aliphatic rings. The van der Waals surface area contributed by atoms with E-state index in [4.69, 9.17) is 15.2 Å². The summed E-state index contributed by atoms with van der Waals surface area (Å²) in [6.07, 6.45) is 3.61. The molecule has 0 atom stereocenters. The fourth-order valence-electron chi connectivity index (χ4n) is 4.78. The van der Waals surface area contributed by atoms with Crippen LogP contribution in [0.1, 0.15) is 64.1 Å². The number of rotatable bonds is 6. The average Bonchev–Trinajstić information content (AvgIpc) is 3.11. The van der Waals surface area contributed by atoms with E-state index in [1.165, 1.54) is 4.90 Å². The van der Waals surface area contributed by atoms with Crippen LogP contribution in [0.2, 0.25) is 0 Å². The van der Waals surface area contributed by atoms with Crippen molar-refractivity contribution in [2.24, 2.45) is 5.73 Å². The molecule has 1 aromatic carbocycles. The van der Waals surface area contributed by atoms with E-state index in [1.54, 1.807) is 11.8 Å². The molecule has 1 fully saturated rings. The summed E-state index contributed by atoms with van der Waals surface area (Å²) >= 11 is 0. The minimum absolute atomic E-state index is 0.0739. The number of anilines is 1. The molecule has 0 unspecified atom stereocenters. The van der Waals surface area contributed by atoms with Crippen molar-refractivity contribution in [1.82, 2.24) is 9.47 Å². The van der Waals surface area contributed by atoms with Crippen LogP contribution in [-0.4, -0.2) is 59.4 Å². The van der Waals surface area contributed by atoms with E-state index >= 15 is 0 Å². The number of likely N-dealkylation sites (tertiary alicyclic amines) is 1. The van der Waals surface area contributed by atoms with Crippen LogP contribution < -0.4 is 10.6 Å². The van der Waals surface area contributed by atoms with Gasteiger partial charge in [-0.3, -0.25) is 9.69 Å². The number of nitrogens with two attached hydrogens (primary N) is 1. The van der Waals surface area contributed by atoms with E-state index < -0.39 is 11.6 Å². The van der Waals surface area contributed by atoms with Crippen LogP contribution in [-0.2, 0) is 14.3 Å². The monoisotopic (exact) mass is 486 g/mol. The number of carbonyl (C=O) groups is 3. The molecule has 1 saturated heterocycles. The third-order valence-electron chi connectivity index (χ3n) is 6.33. The van der Waals surface area contributed by atoms with Crippen LogP contribution in [0.3, 0.4) is 0 Å². The van der Waals surface area contributed by atoms with E-state index in [1.807, 2.05) is 39.8 Å². The second-order valence-electron chi connectivity index (χ2n) is 10.1. The molecule has 0 bridgehead atoms. The number of fused-ring (bicyclic) bond motifs is 1. The zero-order chi connectivity index (χ0) is 25.9. The van der Waals surface area contributed by atoms with Crippen LogP contribution in [0, 0.1) is 13.8 Å². The first kappa shape index (κ1) is 26.4. The van der Waals surface area contributed by atoms with Gasteiger partial charge in [0, 0.05) is 48.5 Å². The summed E-state index contributed by atoms with van der Waals surface area (Å²) in [7, 11) is 0. The molecule has 0 spiro atoms. The van der Waals surface area contributed by atoms with Crippen molar-refractivity contribution in [1.29, 1.82) is 0 Å². The van der Waals surface area contributed by atoms with Gasteiger partial charge < -0.3 is 24.7 Å². The topological polar surface area (TPSA) is 107 Å². The van der Waals surface area contributed by atoms with Crippen molar-refractivity contribution in [2.45, 2.75) is 72.4 Å². The highest BCUT2D eigenvalue weighted by atomic mass is 16.6. The van der Waals surface area contributed by atoms with Crippen LogP contribution in [0.25, 0.3) is 10.9 Å². The highest BCUT2D eigenvalue weighted by Gasteiger charge is 2.29. The maximum Gasteiger partial charge on any atom is 0.410 e. The molecule has 35 heavy (non-hydrogen) atoms. The Morgan fingerprint density at radius 3 is 2.37 bits per heavy atom. The van der Waals surface area contributed by atoms with Crippen molar-refractivity contribution in [3.05, 3.63) is 29.5 Å². The molecule has 3 rings (SSSR count). The number of carbonyl (C=O) groups excluding carboxylic acids is 3. The number of aromatic nitrogens is 1. The van der Waals surface area contributed by atoms with Crippen molar-refractivity contribution < 1.29 is 23.9 Å². The highest BCUT2D eigenvalue weighted by molar-refractivity contribution is 5.98. The first-order chi connectivity index (χ1) is 16.4. The molecular formula is C26H38N4O5. The summed E-state index contributed by atoms with van der Waals surface area (Å²) in [5.41, 5.74) is 8.96. The van der Waals surface area contributed by atoms with Gasteiger partial charge in [0.25, 0.3) is 0 Å². The third kappa shape index (κ3) is 6.07. The van der Waals surface area contributed by atoms with Gasteiger partial charge in [0.05, 0.1) is 13.0 Å². The van der Waals surface area contributed by atoms with Crippen LogP contribution in [0.5, 0.6) is 0 Å². The SMILES string of the molecule is CCOC(=O)CCN(C(N)=O)c1ccc2c(c(C)cn2C2CCN(C(=O)OC(C)(C)C)CC2)c1C. The number of amides is 3. The summed E-state index contributed by atoms with van der Waals surface area (Å²) in [4.78, 5) is 39.7. The lowest BCUT2D eigenvalue weighted by Crippen LogP contribution is -2.42. The van der Waals surface area contributed by atoms with Crippen LogP contribution in [0.15, 0.2) is 18.3 Å². The van der Waals surface area contributed by atoms with E-state index in [2.05, 4.69) is 17.7 Å². The summed E-state index contributed by atoms with van der Waals surface area (Å²) in [6, 6.07) is 3.54. The zero-order valence-electron chi connectivity index (χ0n) is 21.7. The number of nitrogens with zero attached hydrogens (tertiary/aromatic N) is 3. The maximum absolute atomic E-state index is 12.4. The lowest BCUT2D eigenvalue weighted by molar-refractivity contribution is -0.142. The van der Waals surface area contributed by atoms with Crippen LogP contribution >= 0.6 is 0 Å². The molecule has 2 aromatic rings. The molecule has 0 radical (unpaired) electrons. The predicted octanol–water partition coefficient (Wildman–Crippen LogP) is 4.67. The average molecular weight is 487 g/mol. The number of piperidine rings is 1. The largest absolute Gasteiger partial charge is 0.466 e. The van der Waals surface area contributed by atoms with E-state index in [9.17, 15) is 14.4 Å². The normalized spacial score (nSPS) is 14.7. The fourth-order valence-corrected chi connectivity index (χ4v) is 4.78. The Morgan fingerprint density at radius 1 is 1.14 bits per heavy atom. The summed E-state index contributed by atoms with van der Waals surface area (Å²) in [5.74, 6) is -0.363. The van der Waals surface area contributed by atoms with Gasteiger partial charge in [-0.15, -0.1) is 0 Å². The number of hydrogen-bond donors (Lipinski definition) is 1. The predicted molar refractivity (Wildman–Crippen MR) is 136 cm³/mol. The fraction of sp³-hybridized carbons (Fsp3) is 0.577. The summed E-state index contributed by atoms with van der Waals surface area (Å²) < 4.78 is 12.8. The maximum atomic E-state index is 12.4. The number of aryl methyl sites for hydroxylation is 2. The molecule has 1 aromatic heterocycles. The minimum atomic E-state index is -0.608. The Morgan fingerprint density at radius 2 is 1.80 bits per heavy atom. The number of esters is 1. The van der Waals surface area contributed by atoms with E-state index in [0.29, 0.717) is 25.4 Å². The van der Waals surface area contributed by atoms with E-state index in [0.717, 1.165) is 34.9 Å². The van der Waals surface area contributed by atoms with Crippen molar-refractivity contribution in [3.8, 4) is 0 Å². The van der Waals surface area contributed by atoms with Gasteiger partial charge in [-0.25, -0.2) is 9.59 Å². The van der Waals surface area contributed by atoms with Crippen molar-refractivity contribution >= 4 is 34.7 Å². The van der Waals surface area contributed by atoms with Gasteiger partial charge in [0.15, 0.2) is 0 Å². The Labute approximate surface area is 207 Å². The number of urea groups is 1. The van der Waals surface area contributed by atoms with Crippen molar-refractivity contribution in [2.75, 3.05) is 31.1 Å². The Hall–Kier alpha value is -3.23. The molecule has 0 saturated carbocycles. The van der Waals surface area contributed by atoms with Gasteiger partial charge in [-0.2, -0.15) is 0 Å². The molecule has 3 amide bonds. The smallest absolute Gasteiger partial charge is 0.410 e. The number of ether oxygens (including phenoxy) is 2.